The van der Waals surface area contributed by atoms with E-state index in [0.29, 0.717) is 6.54 Å². The van der Waals surface area contributed by atoms with Crippen molar-refractivity contribution in [2.24, 2.45) is 0 Å². The molecule has 1 amide bonds. The van der Waals surface area contributed by atoms with E-state index in [9.17, 15) is 4.79 Å². The summed E-state index contributed by atoms with van der Waals surface area (Å²) in [5.41, 5.74) is 3.43. The van der Waals surface area contributed by atoms with Crippen LogP contribution in [0.5, 0.6) is 0 Å². The maximum Gasteiger partial charge on any atom is 0.261 e. The highest BCUT2D eigenvalue weighted by Gasteiger charge is 2.11. The molecule has 2 aromatic carbocycles. The number of benzene rings is 2. The van der Waals surface area contributed by atoms with Crippen molar-refractivity contribution in [2.45, 2.75) is 19.4 Å². The first-order chi connectivity index (χ1) is 13.3. The van der Waals surface area contributed by atoms with Crippen LogP contribution in [0, 0.1) is 0 Å². The van der Waals surface area contributed by atoms with Gasteiger partial charge in [0.25, 0.3) is 5.91 Å². The number of para-hydroxylation sites is 2. The number of aromatic nitrogens is 2. The zero-order valence-corrected chi connectivity index (χ0v) is 15.8. The average Bonchev–Trinajstić information content (AvgIpc) is 3.35. The van der Waals surface area contributed by atoms with Crippen LogP contribution in [0.25, 0.3) is 11.0 Å². The molecule has 0 radical (unpaired) electrons. The highest BCUT2D eigenvalue weighted by Crippen LogP contribution is 2.19. The number of thiophene rings is 1. The van der Waals surface area contributed by atoms with Crippen LogP contribution in [0.4, 0.5) is 0 Å². The lowest BCUT2D eigenvalue weighted by Gasteiger charge is -2.10. The van der Waals surface area contributed by atoms with Gasteiger partial charge in [0.15, 0.2) is 0 Å². The van der Waals surface area contributed by atoms with Crippen LogP contribution in [0.2, 0.25) is 0 Å². The molecule has 0 saturated carbocycles. The minimum absolute atomic E-state index is 0.00258. The lowest BCUT2D eigenvalue weighted by molar-refractivity contribution is 0.0957. The third-order valence-corrected chi connectivity index (χ3v) is 5.39. The molecule has 4 rings (SSSR count). The Labute approximate surface area is 162 Å². The normalized spacial score (nSPS) is 11.0. The van der Waals surface area contributed by atoms with Crippen molar-refractivity contribution in [3.8, 4) is 0 Å². The average molecular weight is 375 g/mol. The summed E-state index contributed by atoms with van der Waals surface area (Å²) in [4.78, 5) is 17.6. The number of hydrogen-bond acceptors (Lipinski definition) is 3. The molecular formula is C22H21N3OS. The summed E-state index contributed by atoms with van der Waals surface area (Å²) in [6, 6.07) is 22.4. The number of nitrogens with one attached hydrogen (secondary N) is 1. The van der Waals surface area contributed by atoms with Gasteiger partial charge in [-0.1, -0.05) is 48.5 Å². The van der Waals surface area contributed by atoms with Crippen LogP contribution in [-0.4, -0.2) is 22.0 Å². The molecule has 136 valence electrons. The van der Waals surface area contributed by atoms with E-state index >= 15 is 0 Å². The van der Waals surface area contributed by atoms with Gasteiger partial charge in [-0.3, -0.25) is 4.79 Å². The number of aryl methyl sites for hydroxylation is 1. The van der Waals surface area contributed by atoms with Crippen LogP contribution < -0.4 is 5.32 Å². The number of imidazole rings is 1. The van der Waals surface area contributed by atoms with Gasteiger partial charge in [-0.25, -0.2) is 4.98 Å². The number of hydrogen-bond donors (Lipinski definition) is 1. The first-order valence-corrected chi connectivity index (χ1v) is 9.99. The maximum absolute atomic E-state index is 12.0. The van der Waals surface area contributed by atoms with E-state index in [-0.39, 0.29) is 5.91 Å². The summed E-state index contributed by atoms with van der Waals surface area (Å²) in [5.74, 6) is 1.06. The second kappa shape index (κ2) is 8.18. The van der Waals surface area contributed by atoms with Gasteiger partial charge in [-0.2, -0.15) is 0 Å². The highest BCUT2D eigenvalue weighted by atomic mass is 32.1. The van der Waals surface area contributed by atoms with Gasteiger partial charge < -0.3 is 9.88 Å². The number of fused-ring (bicyclic) bond motifs is 1. The third kappa shape index (κ3) is 4.09. The molecule has 0 atom stereocenters. The van der Waals surface area contributed by atoms with Gasteiger partial charge in [0, 0.05) is 19.5 Å². The molecule has 2 aromatic heterocycles. The van der Waals surface area contributed by atoms with E-state index < -0.39 is 0 Å². The maximum atomic E-state index is 12.0. The molecule has 0 unspecified atom stereocenters. The first-order valence-electron chi connectivity index (χ1n) is 9.11. The molecule has 1 N–H and O–H groups in total. The quantitative estimate of drug-likeness (QED) is 0.483. The smallest absolute Gasteiger partial charge is 0.261 e. The number of amides is 1. The Balaban J connectivity index is 1.46. The van der Waals surface area contributed by atoms with E-state index in [4.69, 9.17) is 4.98 Å². The molecule has 0 saturated heterocycles. The summed E-state index contributed by atoms with van der Waals surface area (Å²) in [6.07, 6.45) is 1.68. The van der Waals surface area contributed by atoms with Gasteiger partial charge in [0.1, 0.15) is 5.82 Å². The Morgan fingerprint density at radius 3 is 2.63 bits per heavy atom. The summed E-state index contributed by atoms with van der Waals surface area (Å²) in [7, 11) is 0. The minimum atomic E-state index is 0.00258. The number of carbonyl (C=O) groups is 1. The topological polar surface area (TPSA) is 46.9 Å². The van der Waals surface area contributed by atoms with E-state index in [0.717, 1.165) is 41.1 Å². The Kier molecular flexibility index (Phi) is 5.30. The summed E-state index contributed by atoms with van der Waals surface area (Å²) in [5, 5.41) is 4.91. The molecule has 0 fully saturated rings. The molecule has 0 spiro atoms. The highest BCUT2D eigenvalue weighted by molar-refractivity contribution is 7.12. The van der Waals surface area contributed by atoms with Crippen molar-refractivity contribution in [3.05, 3.63) is 88.4 Å². The summed E-state index contributed by atoms with van der Waals surface area (Å²) < 4.78 is 2.28. The monoisotopic (exact) mass is 375 g/mol. The standard InChI is InChI=1S/C22H21N3OS/c26-22(20-12-7-15-27-20)23-14-6-13-21-24-18-10-4-5-11-19(18)25(21)16-17-8-2-1-3-9-17/h1-5,7-12,15H,6,13-14,16H2,(H,23,26). The zero-order chi connectivity index (χ0) is 18.5. The molecule has 4 nitrogen and oxygen atoms in total. The summed E-state index contributed by atoms with van der Waals surface area (Å²) >= 11 is 1.46. The predicted molar refractivity (Wildman–Crippen MR) is 110 cm³/mol. The van der Waals surface area contributed by atoms with Crippen molar-refractivity contribution in [1.82, 2.24) is 14.9 Å². The fraction of sp³-hybridized carbons (Fsp3) is 0.182. The van der Waals surface area contributed by atoms with Crippen LogP contribution in [-0.2, 0) is 13.0 Å². The van der Waals surface area contributed by atoms with Gasteiger partial charge in [-0.15, -0.1) is 11.3 Å². The van der Waals surface area contributed by atoms with Crippen molar-refractivity contribution >= 4 is 28.3 Å². The Hall–Kier alpha value is -2.92. The van der Waals surface area contributed by atoms with Gasteiger partial charge in [0.2, 0.25) is 0 Å². The van der Waals surface area contributed by atoms with E-state index in [1.165, 1.54) is 16.9 Å². The molecule has 0 aliphatic carbocycles. The second-order valence-corrected chi connectivity index (χ2v) is 7.37. The number of carbonyl (C=O) groups excluding carboxylic acids is 1. The zero-order valence-electron chi connectivity index (χ0n) is 15.0. The number of nitrogens with zero attached hydrogens (tertiary/aromatic N) is 2. The van der Waals surface area contributed by atoms with Crippen LogP contribution >= 0.6 is 11.3 Å². The lowest BCUT2D eigenvalue weighted by Crippen LogP contribution is -2.24. The third-order valence-electron chi connectivity index (χ3n) is 4.52. The van der Waals surface area contributed by atoms with Gasteiger partial charge >= 0.3 is 0 Å². The van der Waals surface area contributed by atoms with Crippen LogP contribution in [0.3, 0.4) is 0 Å². The lowest BCUT2D eigenvalue weighted by atomic mass is 10.2. The molecule has 0 aliphatic rings. The van der Waals surface area contributed by atoms with E-state index in [2.05, 4.69) is 52.3 Å². The van der Waals surface area contributed by atoms with Crippen molar-refractivity contribution in [1.29, 1.82) is 0 Å². The fourth-order valence-electron chi connectivity index (χ4n) is 3.20. The van der Waals surface area contributed by atoms with Gasteiger partial charge in [0.05, 0.1) is 15.9 Å². The first kappa shape index (κ1) is 17.5. The number of rotatable bonds is 7. The van der Waals surface area contributed by atoms with Crippen LogP contribution in [0.1, 0.15) is 27.5 Å². The Morgan fingerprint density at radius 2 is 1.81 bits per heavy atom. The predicted octanol–water partition coefficient (Wildman–Crippen LogP) is 4.51. The molecule has 27 heavy (non-hydrogen) atoms. The van der Waals surface area contributed by atoms with Crippen molar-refractivity contribution in [3.63, 3.8) is 0 Å². The molecule has 0 aliphatic heterocycles. The van der Waals surface area contributed by atoms with Crippen molar-refractivity contribution in [2.75, 3.05) is 6.54 Å². The van der Waals surface area contributed by atoms with E-state index in [1.54, 1.807) is 0 Å². The molecule has 4 aromatic rings. The molecular weight excluding hydrogens is 354 g/mol. The molecule has 5 heteroatoms. The fourth-order valence-corrected chi connectivity index (χ4v) is 3.84. The Bertz CT molecular complexity index is 1020. The summed E-state index contributed by atoms with van der Waals surface area (Å²) in [6.45, 7) is 1.45. The van der Waals surface area contributed by atoms with Gasteiger partial charge in [-0.05, 0) is 35.6 Å². The minimum Gasteiger partial charge on any atom is -0.351 e. The SMILES string of the molecule is O=C(NCCCc1nc2ccccc2n1Cc1ccccc1)c1cccs1. The molecule has 0 bridgehead atoms. The second-order valence-electron chi connectivity index (χ2n) is 6.43. The largest absolute Gasteiger partial charge is 0.351 e. The van der Waals surface area contributed by atoms with Crippen molar-refractivity contribution < 1.29 is 4.79 Å². The Morgan fingerprint density at radius 1 is 1.00 bits per heavy atom. The van der Waals surface area contributed by atoms with E-state index in [1.807, 2.05) is 29.6 Å². The van der Waals surface area contributed by atoms with Crippen LogP contribution in [0.15, 0.2) is 72.1 Å². The molecule has 2 heterocycles.